The Labute approximate surface area is 169 Å². The van der Waals surface area contributed by atoms with Gasteiger partial charge in [-0.05, 0) is 55.0 Å². The maximum Gasteiger partial charge on any atom is 0.223 e. The number of rotatable bonds is 5. The number of halogens is 1. The molecule has 3 rings (SSSR count). The Balaban J connectivity index is 1.47. The molecular weight excluding hydrogens is 378 g/mol. The SMILES string of the molecule is N#Cc1ccc(N2CCCN(C(=O)CCSc3ccc(Cl)cc3)CC2)cc1. The average molecular weight is 400 g/mol. The third-order valence-corrected chi connectivity index (χ3v) is 5.87. The molecule has 1 heterocycles. The van der Waals surface area contributed by atoms with Crippen LogP contribution in [0.1, 0.15) is 18.4 Å². The van der Waals surface area contributed by atoms with Gasteiger partial charge in [0.25, 0.3) is 0 Å². The first-order valence-corrected chi connectivity index (χ1v) is 10.4. The molecule has 140 valence electrons. The van der Waals surface area contributed by atoms with Gasteiger partial charge in [0, 0.05) is 54.0 Å². The molecule has 1 aliphatic rings. The van der Waals surface area contributed by atoms with Crippen LogP contribution in [-0.2, 0) is 4.79 Å². The first-order chi connectivity index (χ1) is 13.2. The molecule has 0 saturated carbocycles. The maximum atomic E-state index is 12.6. The van der Waals surface area contributed by atoms with Gasteiger partial charge in [0.15, 0.2) is 0 Å². The van der Waals surface area contributed by atoms with E-state index in [0.29, 0.717) is 12.0 Å². The molecule has 0 aromatic heterocycles. The predicted octanol–water partition coefficient (Wildman–Crippen LogP) is 4.43. The summed E-state index contributed by atoms with van der Waals surface area (Å²) >= 11 is 7.58. The number of nitriles is 1. The van der Waals surface area contributed by atoms with Crippen LogP contribution in [0, 0.1) is 11.3 Å². The van der Waals surface area contributed by atoms with Crippen molar-refractivity contribution < 1.29 is 4.79 Å². The van der Waals surface area contributed by atoms with E-state index in [1.54, 1.807) is 11.8 Å². The third kappa shape index (κ3) is 5.66. The predicted molar refractivity (Wildman–Crippen MR) is 111 cm³/mol. The molecule has 1 fully saturated rings. The molecule has 1 saturated heterocycles. The normalized spacial score (nSPS) is 14.5. The van der Waals surface area contributed by atoms with Gasteiger partial charge in [0.05, 0.1) is 11.6 Å². The molecular formula is C21H22ClN3OS. The van der Waals surface area contributed by atoms with Gasteiger partial charge in [-0.25, -0.2) is 0 Å². The molecule has 1 aliphatic heterocycles. The number of carbonyl (C=O) groups is 1. The largest absolute Gasteiger partial charge is 0.370 e. The monoisotopic (exact) mass is 399 g/mol. The van der Waals surface area contributed by atoms with Crippen LogP contribution in [0.4, 0.5) is 5.69 Å². The summed E-state index contributed by atoms with van der Waals surface area (Å²) in [7, 11) is 0. The highest BCUT2D eigenvalue weighted by Crippen LogP contribution is 2.22. The zero-order chi connectivity index (χ0) is 19.1. The fraction of sp³-hybridized carbons (Fsp3) is 0.333. The molecule has 0 aliphatic carbocycles. The Bertz CT molecular complexity index is 802. The minimum absolute atomic E-state index is 0.221. The Kier molecular flexibility index (Phi) is 7.03. The summed E-state index contributed by atoms with van der Waals surface area (Å²) in [5.74, 6) is 0.995. The Morgan fingerprint density at radius 1 is 1.04 bits per heavy atom. The first-order valence-electron chi connectivity index (χ1n) is 9.07. The van der Waals surface area contributed by atoms with E-state index in [1.165, 1.54) is 0 Å². The lowest BCUT2D eigenvalue weighted by Crippen LogP contribution is -2.35. The highest BCUT2D eigenvalue weighted by molar-refractivity contribution is 7.99. The summed E-state index contributed by atoms with van der Waals surface area (Å²) in [6.07, 6.45) is 1.50. The van der Waals surface area contributed by atoms with Crippen molar-refractivity contribution in [2.75, 3.05) is 36.8 Å². The summed E-state index contributed by atoms with van der Waals surface area (Å²) in [6, 6.07) is 17.5. The van der Waals surface area contributed by atoms with Crippen LogP contribution in [0.25, 0.3) is 0 Å². The number of thioether (sulfide) groups is 1. The summed E-state index contributed by atoms with van der Waals surface area (Å²) in [5.41, 5.74) is 1.78. The molecule has 2 aromatic carbocycles. The van der Waals surface area contributed by atoms with Crippen molar-refractivity contribution in [3.63, 3.8) is 0 Å². The summed E-state index contributed by atoms with van der Waals surface area (Å²) in [6.45, 7) is 3.29. The number of hydrogen-bond donors (Lipinski definition) is 0. The summed E-state index contributed by atoms with van der Waals surface area (Å²) < 4.78 is 0. The fourth-order valence-corrected chi connectivity index (χ4v) is 4.08. The lowest BCUT2D eigenvalue weighted by molar-refractivity contribution is -0.130. The van der Waals surface area contributed by atoms with Crippen molar-refractivity contribution in [2.24, 2.45) is 0 Å². The van der Waals surface area contributed by atoms with Crippen LogP contribution in [-0.4, -0.2) is 42.7 Å². The summed E-state index contributed by atoms with van der Waals surface area (Å²) in [5, 5.41) is 9.65. The van der Waals surface area contributed by atoms with Gasteiger partial charge in [-0.15, -0.1) is 11.8 Å². The van der Waals surface area contributed by atoms with Crippen molar-refractivity contribution in [2.45, 2.75) is 17.7 Å². The van der Waals surface area contributed by atoms with E-state index in [9.17, 15) is 4.79 Å². The van der Waals surface area contributed by atoms with Gasteiger partial charge in [-0.3, -0.25) is 4.79 Å². The number of amides is 1. The third-order valence-electron chi connectivity index (χ3n) is 4.61. The molecule has 6 heteroatoms. The number of nitrogens with zero attached hydrogens (tertiary/aromatic N) is 3. The number of benzene rings is 2. The van der Waals surface area contributed by atoms with E-state index in [1.807, 2.05) is 53.4 Å². The lowest BCUT2D eigenvalue weighted by atomic mass is 10.2. The molecule has 0 N–H and O–H groups in total. The smallest absolute Gasteiger partial charge is 0.223 e. The van der Waals surface area contributed by atoms with Crippen molar-refractivity contribution in [1.29, 1.82) is 5.26 Å². The van der Waals surface area contributed by atoms with Crippen LogP contribution in [0.5, 0.6) is 0 Å². The zero-order valence-corrected chi connectivity index (χ0v) is 16.7. The van der Waals surface area contributed by atoms with E-state index in [4.69, 9.17) is 16.9 Å². The molecule has 4 nitrogen and oxygen atoms in total. The van der Waals surface area contributed by atoms with Gasteiger partial charge in [0.2, 0.25) is 5.91 Å². The Hall–Kier alpha value is -2.16. The second-order valence-corrected chi connectivity index (χ2v) is 8.04. The van der Waals surface area contributed by atoms with Crippen LogP contribution in [0.15, 0.2) is 53.4 Å². The highest BCUT2D eigenvalue weighted by atomic mass is 35.5. The topological polar surface area (TPSA) is 47.3 Å². The van der Waals surface area contributed by atoms with Crippen LogP contribution in [0.2, 0.25) is 5.02 Å². The quantitative estimate of drug-likeness (QED) is 0.697. The number of hydrogen-bond acceptors (Lipinski definition) is 4. The number of anilines is 1. The second-order valence-electron chi connectivity index (χ2n) is 6.43. The van der Waals surface area contributed by atoms with E-state index in [2.05, 4.69) is 11.0 Å². The van der Waals surface area contributed by atoms with Crippen molar-refractivity contribution in [3.8, 4) is 6.07 Å². The van der Waals surface area contributed by atoms with E-state index < -0.39 is 0 Å². The van der Waals surface area contributed by atoms with Crippen molar-refractivity contribution >= 4 is 35.0 Å². The maximum absolute atomic E-state index is 12.6. The average Bonchev–Trinajstić information content (AvgIpc) is 2.96. The minimum Gasteiger partial charge on any atom is -0.370 e. The number of carbonyl (C=O) groups excluding carboxylic acids is 1. The van der Waals surface area contributed by atoms with Crippen LogP contribution < -0.4 is 4.90 Å². The van der Waals surface area contributed by atoms with Crippen LogP contribution >= 0.6 is 23.4 Å². The highest BCUT2D eigenvalue weighted by Gasteiger charge is 2.19. The molecule has 0 radical (unpaired) electrons. The minimum atomic E-state index is 0.221. The van der Waals surface area contributed by atoms with Gasteiger partial charge in [-0.1, -0.05) is 11.6 Å². The fourth-order valence-electron chi connectivity index (χ4n) is 3.12. The molecule has 0 unspecified atom stereocenters. The van der Waals surface area contributed by atoms with E-state index in [0.717, 1.165) is 54.0 Å². The zero-order valence-electron chi connectivity index (χ0n) is 15.1. The molecule has 1 amide bonds. The molecule has 0 bridgehead atoms. The molecule has 2 aromatic rings. The second kappa shape index (κ2) is 9.68. The standard InChI is InChI=1S/C21H22ClN3OS/c22-18-4-8-20(9-5-18)27-15-10-21(26)25-12-1-11-24(13-14-25)19-6-2-17(16-23)3-7-19/h2-9H,1,10-15H2. The van der Waals surface area contributed by atoms with Gasteiger partial charge < -0.3 is 9.80 Å². The van der Waals surface area contributed by atoms with Crippen molar-refractivity contribution in [1.82, 2.24) is 4.90 Å². The van der Waals surface area contributed by atoms with E-state index in [-0.39, 0.29) is 5.91 Å². The van der Waals surface area contributed by atoms with Gasteiger partial charge >= 0.3 is 0 Å². The lowest BCUT2D eigenvalue weighted by Gasteiger charge is -2.23. The first kappa shape index (κ1) is 19.6. The van der Waals surface area contributed by atoms with Gasteiger partial charge in [-0.2, -0.15) is 5.26 Å². The molecule has 27 heavy (non-hydrogen) atoms. The molecule has 0 atom stereocenters. The van der Waals surface area contributed by atoms with Gasteiger partial charge in [0.1, 0.15) is 0 Å². The van der Waals surface area contributed by atoms with Crippen molar-refractivity contribution in [3.05, 3.63) is 59.1 Å². The van der Waals surface area contributed by atoms with E-state index >= 15 is 0 Å². The Morgan fingerprint density at radius 2 is 1.78 bits per heavy atom. The summed E-state index contributed by atoms with van der Waals surface area (Å²) in [4.78, 5) is 18.0. The Morgan fingerprint density at radius 3 is 2.48 bits per heavy atom. The molecule has 0 spiro atoms. The van der Waals surface area contributed by atoms with Crippen LogP contribution in [0.3, 0.4) is 0 Å².